The number of halogens is 4. The topological polar surface area (TPSA) is 65.5 Å². The zero-order valence-electron chi connectivity index (χ0n) is 18.9. The van der Waals surface area contributed by atoms with Crippen molar-refractivity contribution in [3.63, 3.8) is 0 Å². The van der Waals surface area contributed by atoms with E-state index >= 15 is 8.78 Å². The number of benzene rings is 1. The Morgan fingerprint density at radius 1 is 1.15 bits per heavy atom. The Balaban J connectivity index is 1.41. The first-order chi connectivity index (χ1) is 15.9. The van der Waals surface area contributed by atoms with Crippen molar-refractivity contribution in [2.45, 2.75) is 56.0 Å². The summed E-state index contributed by atoms with van der Waals surface area (Å²) in [6, 6.07) is 4.81. The highest BCUT2D eigenvalue weighted by Crippen LogP contribution is 2.55. The number of pyridine rings is 1. The molecule has 3 fully saturated rings. The number of hydrogen-bond acceptors (Lipinski definition) is 5. The normalized spacial score (nSPS) is 26.4. The highest BCUT2D eigenvalue weighted by Gasteiger charge is 2.57. The predicted molar refractivity (Wildman–Crippen MR) is 124 cm³/mol. The molecule has 1 N–H and O–H groups in total. The van der Waals surface area contributed by atoms with Crippen molar-refractivity contribution in [1.29, 1.82) is 0 Å². The summed E-state index contributed by atoms with van der Waals surface area (Å²) in [4.78, 5) is 6.54. The van der Waals surface area contributed by atoms with Crippen LogP contribution >= 0.6 is 11.6 Å². The molecule has 184 valence electrons. The molecule has 3 aliphatic rings. The van der Waals surface area contributed by atoms with Gasteiger partial charge in [-0.25, -0.2) is 22.2 Å². The maximum absolute atomic E-state index is 15.2. The molecular formula is C23H26ClF3N4O2S. The molecule has 0 bridgehead atoms. The van der Waals surface area contributed by atoms with Crippen molar-refractivity contribution >= 4 is 33.1 Å². The number of aromatic nitrogens is 1. The smallest absolute Gasteiger partial charge is 0.268 e. The van der Waals surface area contributed by atoms with E-state index in [9.17, 15) is 12.8 Å². The molecule has 0 radical (unpaired) electrons. The van der Waals surface area contributed by atoms with Gasteiger partial charge in [-0.15, -0.1) is 0 Å². The Hall–Kier alpha value is -2.04. The van der Waals surface area contributed by atoms with Crippen LogP contribution in [0.3, 0.4) is 0 Å². The minimum Gasteiger partial charge on any atom is -0.370 e. The highest BCUT2D eigenvalue weighted by atomic mass is 35.5. The van der Waals surface area contributed by atoms with E-state index < -0.39 is 43.3 Å². The fourth-order valence-corrected chi connectivity index (χ4v) is 7.18. The molecular weight excluding hydrogens is 489 g/mol. The van der Waals surface area contributed by atoms with Gasteiger partial charge in [0, 0.05) is 42.7 Å². The lowest BCUT2D eigenvalue weighted by Gasteiger charge is -2.62. The SMILES string of the molecule is CC1(C)CCN1[C@@H]1CC[C@@]12CCN(c1cc(F)c(S(=O)(=O)Nc3cccc(F)n3)c(F)c1Cl)C2. The van der Waals surface area contributed by atoms with Gasteiger partial charge in [0.2, 0.25) is 5.95 Å². The number of rotatable bonds is 5. The van der Waals surface area contributed by atoms with Gasteiger partial charge in [0.15, 0.2) is 10.7 Å². The lowest BCUT2D eigenvalue weighted by molar-refractivity contribution is -0.115. The van der Waals surface area contributed by atoms with Gasteiger partial charge < -0.3 is 4.90 Å². The zero-order chi connectivity index (χ0) is 24.5. The Bertz CT molecular complexity index is 1260. The Labute approximate surface area is 202 Å². The van der Waals surface area contributed by atoms with Crippen molar-refractivity contribution < 1.29 is 21.6 Å². The fourth-order valence-electron chi connectivity index (χ4n) is 5.71. The van der Waals surface area contributed by atoms with Crippen LogP contribution in [0.2, 0.25) is 5.02 Å². The molecule has 2 aliphatic heterocycles. The van der Waals surface area contributed by atoms with Gasteiger partial charge in [-0.05, 0) is 51.7 Å². The average Bonchev–Trinajstić information content (AvgIpc) is 3.20. The lowest BCUT2D eigenvalue weighted by atomic mass is 9.61. The van der Waals surface area contributed by atoms with Gasteiger partial charge in [0.1, 0.15) is 16.7 Å². The average molecular weight is 515 g/mol. The molecule has 1 aromatic carbocycles. The van der Waals surface area contributed by atoms with E-state index in [1.165, 1.54) is 12.1 Å². The van der Waals surface area contributed by atoms with Gasteiger partial charge in [0.25, 0.3) is 10.0 Å². The summed E-state index contributed by atoms with van der Waals surface area (Å²) in [7, 11) is -4.74. The maximum Gasteiger partial charge on any atom is 0.268 e. The molecule has 0 amide bonds. The van der Waals surface area contributed by atoms with Gasteiger partial charge in [-0.1, -0.05) is 17.7 Å². The number of sulfonamides is 1. The minimum absolute atomic E-state index is 0.0450. The quantitative estimate of drug-likeness (QED) is 0.459. The Morgan fingerprint density at radius 2 is 1.91 bits per heavy atom. The number of nitrogens with zero attached hydrogens (tertiary/aromatic N) is 3. The van der Waals surface area contributed by atoms with E-state index in [1.54, 1.807) is 0 Å². The third-order valence-electron chi connectivity index (χ3n) is 7.79. The minimum atomic E-state index is -4.74. The van der Waals surface area contributed by atoms with Crippen molar-refractivity contribution in [2.75, 3.05) is 29.3 Å². The summed E-state index contributed by atoms with van der Waals surface area (Å²) in [5.74, 6) is -3.98. The predicted octanol–water partition coefficient (Wildman–Crippen LogP) is 4.80. The molecule has 1 aromatic heterocycles. The monoisotopic (exact) mass is 514 g/mol. The number of likely N-dealkylation sites (tertiary alicyclic amines) is 1. The van der Waals surface area contributed by atoms with Gasteiger partial charge in [0.05, 0.1) is 5.69 Å². The summed E-state index contributed by atoms with van der Waals surface area (Å²) in [6.07, 6.45) is 4.18. The second kappa shape index (κ2) is 7.99. The molecule has 1 spiro atoms. The van der Waals surface area contributed by atoms with Crippen LogP contribution in [0.4, 0.5) is 24.7 Å². The molecule has 2 saturated heterocycles. The molecule has 1 saturated carbocycles. The molecule has 11 heteroatoms. The molecule has 0 unspecified atom stereocenters. The summed E-state index contributed by atoms with van der Waals surface area (Å²) in [5.41, 5.74) is 0.356. The van der Waals surface area contributed by atoms with Crippen LogP contribution in [0.1, 0.15) is 39.5 Å². The van der Waals surface area contributed by atoms with Crippen molar-refractivity contribution in [2.24, 2.45) is 5.41 Å². The summed E-state index contributed by atoms with van der Waals surface area (Å²) in [5, 5.41) is -0.453. The van der Waals surface area contributed by atoms with E-state index in [0.29, 0.717) is 19.1 Å². The molecule has 2 atom stereocenters. The fraction of sp³-hybridized carbons (Fsp3) is 0.522. The molecule has 5 rings (SSSR count). The van der Waals surface area contributed by atoms with Gasteiger partial charge in [-0.2, -0.15) is 4.39 Å². The Kier molecular flexibility index (Phi) is 5.57. The lowest BCUT2D eigenvalue weighted by Crippen LogP contribution is -2.68. The van der Waals surface area contributed by atoms with Crippen LogP contribution in [-0.2, 0) is 10.0 Å². The summed E-state index contributed by atoms with van der Waals surface area (Å²) < 4.78 is 70.8. The largest absolute Gasteiger partial charge is 0.370 e. The van der Waals surface area contributed by atoms with Gasteiger partial charge in [-0.3, -0.25) is 9.62 Å². The van der Waals surface area contributed by atoms with Gasteiger partial charge >= 0.3 is 0 Å². The first kappa shape index (κ1) is 23.7. The van der Waals surface area contributed by atoms with Crippen LogP contribution in [0.15, 0.2) is 29.2 Å². The van der Waals surface area contributed by atoms with Crippen LogP contribution in [0.5, 0.6) is 0 Å². The van der Waals surface area contributed by atoms with E-state index in [1.807, 2.05) is 9.62 Å². The number of hydrogen-bond donors (Lipinski definition) is 1. The summed E-state index contributed by atoms with van der Waals surface area (Å²) in [6.45, 7) is 6.73. The third-order valence-corrected chi connectivity index (χ3v) is 9.54. The van der Waals surface area contributed by atoms with Crippen molar-refractivity contribution in [3.05, 3.63) is 46.9 Å². The van der Waals surface area contributed by atoms with E-state index in [0.717, 1.165) is 44.4 Å². The summed E-state index contributed by atoms with van der Waals surface area (Å²) >= 11 is 6.26. The third kappa shape index (κ3) is 3.74. The van der Waals surface area contributed by atoms with E-state index in [2.05, 4.69) is 23.7 Å². The molecule has 2 aromatic rings. The van der Waals surface area contributed by atoms with Crippen LogP contribution in [0.25, 0.3) is 0 Å². The maximum atomic E-state index is 15.2. The van der Waals surface area contributed by atoms with Crippen LogP contribution in [0, 0.1) is 23.0 Å². The number of nitrogens with one attached hydrogen (secondary N) is 1. The molecule has 6 nitrogen and oxygen atoms in total. The number of anilines is 2. The second-order valence-corrected chi connectivity index (χ2v) is 12.1. The molecule has 1 aliphatic carbocycles. The first-order valence-electron chi connectivity index (χ1n) is 11.3. The second-order valence-electron chi connectivity index (χ2n) is 10.1. The van der Waals surface area contributed by atoms with Crippen molar-refractivity contribution in [3.8, 4) is 0 Å². The first-order valence-corrected chi connectivity index (χ1v) is 13.1. The molecule has 34 heavy (non-hydrogen) atoms. The highest BCUT2D eigenvalue weighted by molar-refractivity contribution is 7.92. The molecule has 3 heterocycles. The Morgan fingerprint density at radius 3 is 2.50 bits per heavy atom. The van der Waals surface area contributed by atoms with Crippen LogP contribution < -0.4 is 9.62 Å². The van der Waals surface area contributed by atoms with Crippen LogP contribution in [-0.4, -0.2) is 49.5 Å². The van der Waals surface area contributed by atoms with Crippen molar-refractivity contribution in [1.82, 2.24) is 9.88 Å². The van der Waals surface area contributed by atoms with E-state index in [4.69, 9.17) is 11.6 Å². The zero-order valence-corrected chi connectivity index (χ0v) is 20.5. The standard InChI is InChI=1S/C23H26ClF3N4O2S/c1-22(2)8-11-31(22)16-6-7-23(16)9-10-30(13-23)15-12-14(25)21(20(27)19(15)24)34(32,33)29-18-5-3-4-17(26)28-18/h3-5,12,16H,6-11,13H2,1-2H3,(H,28,29)/t16-,23+/m1/s1. The van der Waals surface area contributed by atoms with E-state index in [-0.39, 0.29) is 16.6 Å².